The number of hydrogen-bond acceptors (Lipinski definition) is 6. The molecule has 34 heavy (non-hydrogen) atoms. The minimum absolute atomic E-state index is 0.00339. The van der Waals surface area contributed by atoms with Gasteiger partial charge >= 0.3 is 0 Å². The number of hydrogen-bond donors (Lipinski definition) is 2. The number of carbonyl (C=O) groups excluding carboxylic acids is 1. The number of carbonyl (C=O) groups is 1. The quantitative estimate of drug-likeness (QED) is 0.596. The van der Waals surface area contributed by atoms with Gasteiger partial charge in [-0.2, -0.15) is 0 Å². The summed E-state index contributed by atoms with van der Waals surface area (Å²) in [5.41, 5.74) is 2.91. The highest BCUT2D eigenvalue weighted by Crippen LogP contribution is 2.22. The molecule has 1 saturated heterocycles. The molecule has 2 N–H and O–H groups in total. The molecule has 2 aliphatic rings. The van der Waals surface area contributed by atoms with Crippen molar-refractivity contribution in [1.29, 1.82) is 0 Å². The monoisotopic (exact) mass is 485 g/mol. The van der Waals surface area contributed by atoms with E-state index < -0.39 is 10.0 Å². The number of aromatic nitrogens is 2. The third-order valence-corrected chi connectivity index (χ3v) is 8.28. The summed E-state index contributed by atoms with van der Waals surface area (Å²) in [6.45, 7) is 6.01. The van der Waals surface area contributed by atoms with Crippen LogP contribution in [0.15, 0.2) is 35.2 Å². The van der Waals surface area contributed by atoms with E-state index in [0.717, 1.165) is 74.5 Å². The van der Waals surface area contributed by atoms with Gasteiger partial charge in [0.25, 0.3) is 0 Å². The predicted molar refractivity (Wildman–Crippen MR) is 132 cm³/mol. The van der Waals surface area contributed by atoms with Crippen LogP contribution < -0.4 is 14.9 Å². The van der Waals surface area contributed by atoms with Crippen molar-refractivity contribution in [2.75, 3.05) is 24.5 Å². The first-order valence-corrected chi connectivity index (χ1v) is 13.7. The largest absolute Gasteiger partial charge is 0.356 e. The van der Waals surface area contributed by atoms with Crippen LogP contribution in [0.4, 0.5) is 5.95 Å². The summed E-state index contributed by atoms with van der Waals surface area (Å²) < 4.78 is 27.9. The van der Waals surface area contributed by atoms with Crippen molar-refractivity contribution in [3.05, 3.63) is 47.3 Å². The lowest BCUT2D eigenvalue weighted by molar-refractivity contribution is -0.125. The number of sulfonamides is 1. The first kappa shape index (κ1) is 24.6. The summed E-state index contributed by atoms with van der Waals surface area (Å²) in [4.78, 5) is 24.2. The Morgan fingerprint density at radius 3 is 2.24 bits per heavy atom. The molecule has 9 heteroatoms. The van der Waals surface area contributed by atoms with Crippen molar-refractivity contribution in [1.82, 2.24) is 20.0 Å². The molecule has 1 aromatic carbocycles. The fourth-order valence-electron chi connectivity index (χ4n) is 4.83. The number of piperidine rings is 1. The maximum absolute atomic E-state index is 12.6. The Labute approximate surface area is 202 Å². The summed E-state index contributed by atoms with van der Waals surface area (Å²) in [7, 11) is -3.47. The normalized spacial score (nSPS) is 17.8. The molecule has 0 unspecified atom stereocenters. The molecule has 2 fully saturated rings. The molecule has 2 heterocycles. The standard InChI is InChI=1S/C25H35N5O3S/c1-18-17-19(2)28-25(27-18)30-15-12-21(13-16-30)24(31)26-14-11-20-7-9-23(10-8-20)34(32,33)29-22-5-3-4-6-22/h7-10,17,21-22,29H,3-6,11-16H2,1-2H3,(H,26,31). The zero-order valence-corrected chi connectivity index (χ0v) is 20.9. The van der Waals surface area contributed by atoms with E-state index >= 15 is 0 Å². The van der Waals surface area contributed by atoms with Crippen molar-refractivity contribution in [2.24, 2.45) is 5.92 Å². The minimum Gasteiger partial charge on any atom is -0.356 e. The Bertz CT molecular complexity index is 1070. The lowest BCUT2D eigenvalue weighted by Crippen LogP contribution is -2.41. The van der Waals surface area contributed by atoms with Gasteiger partial charge < -0.3 is 10.2 Å². The van der Waals surface area contributed by atoms with Gasteiger partial charge in [0.1, 0.15) is 0 Å². The number of rotatable bonds is 8. The second-order valence-corrected chi connectivity index (χ2v) is 11.2. The molecule has 1 aliphatic heterocycles. The van der Waals surface area contributed by atoms with Crippen LogP contribution in [-0.4, -0.2) is 50.0 Å². The van der Waals surface area contributed by atoms with Gasteiger partial charge in [-0.05, 0) is 69.7 Å². The van der Waals surface area contributed by atoms with E-state index in [1.54, 1.807) is 12.1 Å². The summed E-state index contributed by atoms with van der Waals surface area (Å²) >= 11 is 0. The van der Waals surface area contributed by atoms with Gasteiger partial charge in [-0.3, -0.25) is 4.79 Å². The molecule has 2 aromatic rings. The molecule has 1 amide bonds. The van der Waals surface area contributed by atoms with E-state index in [0.29, 0.717) is 17.9 Å². The number of nitrogens with zero attached hydrogens (tertiary/aromatic N) is 3. The molecule has 0 atom stereocenters. The van der Waals surface area contributed by atoms with E-state index in [1.165, 1.54) is 0 Å². The lowest BCUT2D eigenvalue weighted by Gasteiger charge is -2.31. The molecule has 0 radical (unpaired) electrons. The SMILES string of the molecule is Cc1cc(C)nc(N2CCC(C(=O)NCCc3ccc(S(=O)(=O)NC4CCCC4)cc3)CC2)n1. The number of amides is 1. The molecular formula is C25H35N5O3S. The van der Waals surface area contributed by atoms with Crippen LogP contribution in [0.2, 0.25) is 0 Å². The Morgan fingerprint density at radius 2 is 1.62 bits per heavy atom. The van der Waals surface area contributed by atoms with Gasteiger partial charge in [0.05, 0.1) is 4.90 Å². The number of nitrogens with one attached hydrogen (secondary N) is 2. The smallest absolute Gasteiger partial charge is 0.240 e. The van der Waals surface area contributed by atoms with Gasteiger partial charge in [-0.15, -0.1) is 0 Å². The van der Waals surface area contributed by atoms with Crippen molar-refractivity contribution in [3.8, 4) is 0 Å². The van der Waals surface area contributed by atoms with Crippen LogP contribution in [0.3, 0.4) is 0 Å². The van der Waals surface area contributed by atoms with Crippen molar-refractivity contribution in [2.45, 2.75) is 69.7 Å². The maximum Gasteiger partial charge on any atom is 0.240 e. The first-order valence-electron chi connectivity index (χ1n) is 12.3. The molecule has 184 valence electrons. The number of aryl methyl sites for hydroxylation is 2. The average molecular weight is 486 g/mol. The van der Waals surface area contributed by atoms with Gasteiger partial charge in [-0.25, -0.2) is 23.1 Å². The summed E-state index contributed by atoms with van der Waals surface area (Å²) in [6, 6.07) is 8.98. The minimum atomic E-state index is -3.47. The Morgan fingerprint density at radius 1 is 1.00 bits per heavy atom. The highest BCUT2D eigenvalue weighted by atomic mass is 32.2. The van der Waals surface area contributed by atoms with Gasteiger partial charge in [-0.1, -0.05) is 25.0 Å². The predicted octanol–water partition coefficient (Wildman–Crippen LogP) is 2.89. The van der Waals surface area contributed by atoms with Gasteiger partial charge in [0.15, 0.2) is 0 Å². The van der Waals surface area contributed by atoms with Crippen LogP contribution in [0.25, 0.3) is 0 Å². The average Bonchev–Trinajstić information content (AvgIpc) is 3.31. The van der Waals surface area contributed by atoms with E-state index in [4.69, 9.17) is 0 Å². The van der Waals surface area contributed by atoms with E-state index in [-0.39, 0.29) is 17.9 Å². The van der Waals surface area contributed by atoms with Crippen molar-refractivity contribution >= 4 is 21.9 Å². The lowest BCUT2D eigenvalue weighted by atomic mass is 9.96. The van der Waals surface area contributed by atoms with Crippen molar-refractivity contribution < 1.29 is 13.2 Å². The summed E-state index contributed by atoms with van der Waals surface area (Å²) in [5.74, 6) is 0.831. The maximum atomic E-state index is 12.6. The third-order valence-electron chi connectivity index (χ3n) is 6.74. The summed E-state index contributed by atoms with van der Waals surface area (Å²) in [6.07, 6.45) is 6.21. The van der Waals surface area contributed by atoms with E-state index in [9.17, 15) is 13.2 Å². The molecule has 1 aromatic heterocycles. The van der Waals surface area contributed by atoms with E-state index in [2.05, 4.69) is 24.9 Å². The molecular weight excluding hydrogens is 450 g/mol. The zero-order valence-electron chi connectivity index (χ0n) is 20.1. The third kappa shape index (κ3) is 6.33. The molecule has 4 rings (SSSR count). The second-order valence-electron chi connectivity index (χ2n) is 9.50. The molecule has 8 nitrogen and oxygen atoms in total. The molecule has 1 saturated carbocycles. The van der Waals surface area contributed by atoms with Crippen LogP contribution in [0.5, 0.6) is 0 Å². The Kier molecular flexibility index (Phi) is 7.83. The van der Waals surface area contributed by atoms with Gasteiger partial charge in [0.2, 0.25) is 21.9 Å². The molecule has 0 bridgehead atoms. The van der Waals surface area contributed by atoms with Crippen LogP contribution in [0, 0.1) is 19.8 Å². The van der Waals surface area contributed by atoms with E-state index in [1.807, 2.05) is 32.0 Å². The number of benzene rings is 1. The fraction of sp³-hybridized carbons (Fsp3) is 0.560. The second kappa shape index (κ2) is 10.8. The van der Waals surface area contributed by atoms with Crippen LogP contribution in [0.1, 0.15) is 55.5 Å². The van der Waals surface area contributed by atoms with Crippen molar-refractivity contribution in [3.63, 3.8) is 0 Å². The van der Waals surface area contributed by atoms with Crippen LogP contribution in [-0.2, 0) is 21.2 Å². The fourth-order valence-corrected chi connectivity index (χ4v) is 6.14. The highest BCUT2D eigenvalue weighted by Gasteiger charge is 2.26. The zero-order chi connectivity index (χ0) is 24.1. The summed E-state index contributed by atoms with van der Waals surface area (Å²) in [5, 5.41) is 3.05. The topological polar surface area (TPSA) is 104 Å². The highest BCUT2D eigenvalue weighted by molar-refractivity contribution is 7.89. The first-order chi connectivity index (χ1) is 16.3. The molecule has 0 spiro atoms. The van der Waals surface area contributed by atoms with Crippen LogP contribution >= 0.6 is 0 Å². The van der Waals surface area contributed by atoms with Gasteiger partial charge in [0, 0.05) is 43.0 Å². The Balaban J connectivity index is 1.21. The Hall–Kier alpha value is -2.52. The number of anilines is 1. The molecule has 1 aliphatic carbocycles.